The third-order valence-corrected chi connectivity index (χ3v) is 5.93. The number of Topliss-reactive ketones (excluding diaryl/α,β-unsaturated/α-hetero) is 1. The van der Waals surface area contributed by atoms with Crippen LogP contribution in [-0.4, -0.2) is 35.4 Å². The number of likely N-dealkylation sites (tertiary alicyclic amines) is 1. The minimum atomic E-state index is -0.783. The van der Waals surface area contributed by atoms with Gasteiger partial charge in [0.05, 0.1) is 18.7 Å². The van der Waals surface area contributed by atoms with E-state index in [0.717, 1.165) is 5.56 Å². The van der Waals surface area contributed by atoms with Gasteiger partial charge < -0.3 is 14.7 Å². The van der Waals surface area contributed by atoms with Gasteiger partial charge in [0.15, 0.2) is 0 Å². The molecule has 1 heterocycles. The molecule has 1 aliphatic heterocycles. The molecular weight excluding hydrogens is 426 g/mol. The van der Waals surface area contributed by atoms with E-state index in [0.29, 0.717) is 34.9 Å². The number of benzene rings is 3. The quantitative estimate of drug-likeness (QED) is 0.327. The SMILES string of the molecule is COc1ccc(C(O)=C2C(=O)C(=O)N(CCc3ccccc3)[C@@H]2c2ccccc2Cl)cc1. The van der Waals surface area contributed by atoms with Crippen LogP contribution in [0.5, 0.6) is 5.75 Å². The number of ether oxygens (including phenoxy) is 1. The summed E-state index contributed by atoms with van der Waals surface area (Å²) in [4.78, 5) is 27.6. The molecule has 3 aromatic rings. The highest BCUT2D eigenvalue weighted by molar-refractivity contribution is 6.47. The van der Waals surface area contributed by atoms with Crippen molar-refractivity contribution in [1.82, 2.24) is 4.90 Å². The van der Waals surface area contributed by atoms with E-state index < -0.39 is 17.7 Å². The summed E-state index contributed by atoms with van der Waals surface area (Å²) in [7, 11) is 1.55. The molecule has 1 atom stereocenters. The Hall–Kier alpha value is -3.57. The van der Waals surface area contributed by atoms with Crippen molar-refractivity contribution in [2.24, 2.45) is 0 Å². The number of nitrogens with zero attached hydrogens (tertiary/aromatic N) is 1. The molecule has 1 amide bonds. The van der Waals surface area contributed by atoms with Crippen molar-refractivity contribution >= 4 is 29.1 Å². The van der Waals surface area contributed by atoms with Gasteiger partial charge in [0, 0.05) is 17.1 Å². The molecule has 162 valence electrons. The number of hydrogen-bond acceptors (Lipinski definition) is 4. The lowest BCUT2D eigenvalue weighted by Crippen LogP contribution is -2.31. The molecule has 1 saturated heterocycles. The first kappa shape index (κ1) is 21.7. The largest absolute Gasteiger partial charge is 0.507 e. The van der Waals surface area contributed by atoms with Crippen LogP contribution in [0.15, 0.2) is 84.4 Å². The Labute approximate surface area is 191 Å². The highest BCUT2D eigenvalue weighted by atomic mass is 35.5. The molecule has 0 bridgehead atoms. The van der Waals surface area contributed by atoms with Crippen molar-refractivity contribution in [2.75, 3.05) is 13.7 Å². The maximum Gasteiger partial charge on any atom is 0.295 e. The van der Waals surface area contributed by atoms with E-state index in [2.05, 4.69) is 0 Å². The molecule has 1 aliphatic rings. The molecule has 0 saturated carbocycles. The highest BCUT2D eigenvalue weighted by Gasteiger charge is 2.46. The maximum absolute atomic E-state index is 13.1. The Balaban J connectivity index is 1.79. The van der Waals surface area contributed by atoms with Crippen LogP contribution in [0.25, 0.3) is 5.76 Å². The number of aliphatic hydroxyl groups excluding tert-OH is 1. The van der Waals surface area contributed by atoms with Crippen LogP contribution in [0.3, 0.4) is 0 Å². The Morgan fingerprint density at radius 1 is 0.969 bits per heavy atom. The van der Waals surface area contributed by atoms with Crippen LogP contribution in [0, 0.1) is 0 Å². The molecule has 3 aromatic carbocycles. The fourth-order valence-electron chi connectivity index (χ4n) is 3.93. The van der Waals surface area contributed by atoms with E-state index in [4.69, 9.17) is 16.3 Å². The van der Waals surface area contributed by atoms with Gasteiger partial charge in [0.2, 0.25) is 0 Å². The van der Waals surface area contributed by atoms with Gasteiger partial charge in [0.1, 0.15) is 11.5 Å². The van der Waals surface area contributed by atoms with Gasteiger partial charge in [-0.1, -0.05) is 60.1 Å². The topological polar surface area (TPSA) is 66.8 Å². The van der Waals surface area contributed by atoms with Crippen molar-refractivity contribution in [3.05, 3.63) is 106 Å². The Morgan fingerprint density at radius 2 is 1.62 bits per heavy atom. The zero-order valence-electron chi connectivity index (χ0n) is 17.5. The molecule has 0 radical (unpaired) electrons. The summed E-state index contributed by atoms with van der Waals surface area (Å²) in [5.74, 6) is -0.997. The first-order chi connectivity index (χ1) is 15.5. The van der Waals surface area contributed by atoms with Crippen LogP contribution < -0.4 is 4.74 Å². The number of methoxy groups -OCH3 is 1. The summed E-state index contributed by atoms with van der Waals surface area (Å²) in [6.45, 7) is 0.309. The molecule has 6 heteroatoms. The zero-order valence-corrected chi connectivity index (χ0v) is 18.3. The fourth-order valence-corrected chi connectivity index (χ4v) is 4.17. The second-order valence-corrected chi connectivity index (χ2v) is 7.89. The van der Waals surface area contributed by atoms with E-state index in [-0.39, 0.29) is 11.3 Å². The third-order valence-electron chi connectivity index (χ3n) is 5.59. The average molecular weight is 448 g/mol. The van der Waals surface area contributed by atoms with Crippen molar-refractivity contribution in [3.8, 4) is 5.75 Å². The predicted molar refractivity (Wildman–Crippen MR) is 124 cm³/mol. The third kappa shape index (κ3) is 4.12. The summed E-state index contributed by atoms with van der Waals surface area (Å²) in [6.07, 6.45) is 0.567. The van der Waals surface area contributed by atoms with Gasteiger partial charge in [-0.25, -0.2) is 0 Å². The van der Waals surface area contributed by atoms with Gasteiger partial charge in [-0.3, -0.25) is 9.59 Å². The van der Waals surface area contributed by atoms with Crippen LogP contribution in [0.2, 0.25) is 5.02 Å². The molecule has 1 N–H and O–H groups in total. The van der Waals surface area contributed by atoms with Crippen LogP contribution in [-0.2, 0) is 16.0 Å². The summed E-state index contributed by atoms with van der Waals surface area (Å²) in [5.41, 5.74) is 2.09. The minimum Gasteiger partial charge on any atom is -0.507 e. The Morgan fingerprint density at radius 3 is 2.28 bits per heavy atom. The number of amides is 1. The number of aliphatic hydroxyl groups is 1. The number of carbonyl (C=O) groups is 2. The van der Waals surface area contributed by atoms with Crippen molar-refractivity contribution in [2.45, 2.75) is 12.5 Å². The second kappa shape index (κ2) is 9.28. The Kier molecular flexibility index (Phi) is 6.28. The average Bonchev–Trinajstić information content (AvgIpc) is 3.08. The number of hydrogen-bond donors (Lipinski definition) is 1. The normalized spacial score (nSPS) is 17.6. The number of halogens is 1. The summed E-state index contributed by atoms with van der Waals surface area (Å²) in [5, 5.41) is 11.5. The standard InChI is InChI=1S/C26H22ClNO4/c1-32-19-13-11-18(12-14-19)24(29)22-23(20-9-5-6-10-21(20)27)28(26(31)25(22)30)16-15-17-7-3-2-4-8-17/h2-14,23,29H,15-16H2,1H3/t23-/m1/s1. The van der Waals surface area contributed by atoms with Gasteiger partial charge in [-0.2, -0.15) is 0 Å². The van der Waals surface area contributed by atoms with E-state index in [1.54, 1.807) is 55.6 Å². The predicted octanol–water partition coefficient (Wildman–Crippen LogP) is 5.01. The molecule has 0 unspecified atom stereocenters. The monoisotopic (exact) mass is 447 g/mol. The van der Waals surface area contributed by atoms with Crippen LogP contribution in [0.4, 0.5) is 0 Å². The summed E-state index contributed by atoms with van der Waals surface area (Å²) < 4.78 is 5.17. The first-order valence-corrected chi connectivity index (χ1v) is 10.6. The van der Waals surface area contributed by atoms with Crippen molar-refractivity contribution < 1.29 is 19.4 Å². The van der Waals surface area contributed by atoms with Gasteiger partial charge in [-0.05, 0) is 47.9 Å². The number of rotatable bonds is 6. The number of carbonyl (C=O) groups excluding carboxylic acids is 2. The molecule has 32 heavy (non-hydrogen) atoms. The smallest absolute Gasteiger partial charge is 0.295 e. The maximum atomic E-state index is 13.1. The van der Waals surface area contributed by atoms with Crippen molar-refractivity contribution in [1.29, 1.82) is 0 Å². The molecule has 5 nitrogen and oxygen atoms in total. The summed E-state index contributed by atoms with van der Waals surface area (Å²) in [6, 6.07) is 22.7. The van der Waals surface area contributed by atoms with E-state index >= 15 is 0 Å². The van der Waals surface area contributed by atoms with Crippen LogP contribution in [0.1, 0.15) is 22.7 Å². The molecule has 0 spiro atoms. The van der Waals surface area contributed by atoms with E-state index in [1.807, 2.05) is 30.3 Å². The molecule has 0 aromatic heterocycles. The molecule has 0 aliphatic carbocycles. The van der Waals surface area contributed by atoms with Crippen molar-refractivity contribution in [3.63, 3.8) is 0 Å². The molecular formula is C26H22ClNO4. The van der Waals surface area contributed by atoms with Gasteiger partial charge in [-0.15, -0.1) is 0 Å². The molecule has 4 rings (SSSR count). The Bertz CT molecular complexity index is 1170. The van der Waals surface area contributed by atoms with Gasteiger partial charge >= 0.3 is 0 Å². The lowest BCUT2D eigenvalue weighted by Gasteiger charge is -2.26. The minimum absolute atomic E-state index is 0.0290. The lowest BCUT2D eigenvalue weighted by atomic mass is 9.95. The number of ketones is 1. The van der Waals surface area contributed by atoms with E-state index in [9.17, 15) is 14.7 Å². The zero-order chi connectivity index (χ0) is 22.7. The highest BCUT2D eigenvalue weighted by Crippen LogP contribution is 2.41. The second-order valence-electron chi connectivity index (χ2n) is 7.48. The van der Waals surface area contributed by atoms with E-state index in [1.165, 1.54) is 4.90 Å². The molecule has 1 fully saturated rings. The fraction of sp³-hybridized carbons (Fsp3) is 0.154. The summed E-state index contributed by atoms with van der Waals surface area (Å²) >= 11 is 6.47. The lowest BCUT2D eigenvalue weighted by molar-refractivity contribution is -0.139. The van der Waals surface area contributed by atoms with Gasteiger partial charge in [0.25, 0.3) is 11.7 Å². The first-order valence-electron chi connectivity index (χ1n) is 10.2. The van der Waals surface area contributed by atoms with Crippen LogP contribution >= 0.6 is 11.6 Å².